The van der Waals surface area contributed by atoms with Crippen molar-refractivity contribution in [1.29, 1.82) is 0 Å². The van der Waals surface area contributed by atoms with Crippen molar-refractivity contribution in [2.45, 2.75) is 63.8 Å². The number of aryl methyl sites for hydroxylation is 1. The van der Waals surface area contributed by atoms with Crippen LogP contribution in [-0.2, 0) is 21.5 Å². The van der Waals surface area contributed by atoms with Crippen molar-refractivity contribution in [1.82, 2.24) is 9.80 Å². The lowest BCUT2D eigenvalue weighted by molar-refractivity contribution is -0.141. The van der Waals surface area contributed by atoms with Gasteiger partial charge in [-0.1, -0.05) is 66.9 Å². The Hall–Kier alpha value is -3.38. The van der Waals surface area contributed by atoms with Gasteiger partial charge >= 0.3 is 0 Å². The van der Waals surface area contributed by atoms with E-state index in [-0.39, 0.29) is 17.6 Å². The van der Waals surface area contributed by atoms with Crippen LogP contribution in [0.3, 0.4) is 0 Å². The van der Waals surface area contributed by atoms with E-state index in [1.807, 2.05) is 73.5 Å². The Balaban J connectivity index is 1.32. The maximum Gasteiger partial charge on any atom is 0.233 e. The summed E-state index contributed by atoms with van der Waals surface area (Å²) >= 11 is 6.23. The molecule has 0 radical (unpaired) electrons. The molecule has 1 aliphatic carbocycles. The first-order valence-electron chi connectivity index (χ1n) is 14.9. The number of carbonyl (C=O) groups is 2. The summed E-state index contributed by atoms with van der Waals surface area (Å²) in [5.41, 5.74) is 1.69. The van der Waals surface area contributed by atoms with Crippen LogP contribution in [-0.4, -0.2) is 48.4 Å². The van der Waals surface area contributed by atoms with Crippen LogP contribution in [0.1, 0.15) is 61.6 Å². The van der Waals surface area contributed by atoms with Gasteiger partial charge in [0.1, 0.15) is 11.6 Å². The van der Waals surface area contributed by atoms with Crippen LogP contribution < -0.4 is 4.74 Å². The Bertz CT molecular complexity index is 1400. The molecular formula is C35H40ClFN2O3. The maximum atomic E-state index is 14.2. The van der Waals surface area contributed by atoms with Gasteiger partial charge in [0.05, 0.1) is 12.0 Å². The fourth-order valence-electron chi connectivity index (χ4n) is 6.59. The SMILES string of the molecule is Cc1cc(OCC2(CC(=O)N(C)Cc3ccccc3)CCN(C(=O)C3(c4cccc(F)c4)CCCC3)CC2)ccc1Cl. The minimum Gasteiger partial charge on any atom is -0.493 e. The summed E-state index contributed by atoms with van der Waals surface area (Å²) in [6.07, 6.45) is 5.01. The third-order valence-electron chi connectivity index (χ3n) is 9.24. The van der Waals surface area contributed by atoms with Gasteiger partial charge in [-0.05, 0) is 79.6 Å². The van der Waals surface area contributed by atoms with Crippen LogP contribution in [0.4, 0.5) is 4.39 Å². The van der Waals surface area contributed by atoms with Crippen molar-refractivity contribution in [3.8, 4) is 5.75 Å². The van der Waals surface area contributed by atoms with E-state index in [4.69, 9.17) is 16.3 Å². The number of nitrogens with zero attached hydrogens (tertiary/aromatic N) is 2. The Kier molecular flexibility index (Phi) is 9.22. The quantitative estimate of drug-likeness (QED) is 0.262. The van der Waals surface area contributed by atoms with Crippen molar-refractivity contribution in [3.63, 3.8) is 0 Å². The molecule has 0 bridgehead atoms. The molecule has 3 aromatic rings. The molecule has 7 heteroatoms. The topological polar surface area (TPSA) is 49.9 Å². The predicted octanol–water partition coefficient (Wildman–Crippen LogP) is 7.34. The van der Waals surface area contributed by atoms with Crippen molar-refractivity contribution in [3.05, 3.63) is 100 Å². The van der Waals surface area contributed by atoms with Crippen molar-refractivity contribution >= 4 is 23.4 Å². The lowest BCUT2D eigenvalue weighted by Gasteiger charge is -2.44. The number of rotatable bonds is 9. The highest BCUT2D eigenvalue weighted by atomic mass is 35.5. The van der Waals surface area contributed by atoms with Crippen LogP contribution in [0, 0.1) is 18.2 Å². The van der Waals surface area contributed by atoms with Gasteiger partial charge in [-0.25, -0.2) is 4.39 Å². The highest BCUT2D eigenvalue weighted by Gasteiger charge is 2.47. The number of benzene rings is 3. The summed E-state index contributed by atoms with van der Waals surface area (Å²) in [5, 5.41) is 0.681. The van der Waals surface area contributed by atoms with Gasteiger partial charge in [-0.2, -0.15) is 0 Å². The number of hydrogen-bond donors (Lipinski definition) is 0. The number of likely N-dealkylation sites (tertiary alicyclic amines) is 1. The standard InChI is InChI=1S/C35H40ClFN2O3/c1-26-21-30(13-14-31(26)36)42-25-34(23-32(40)38(2)24-27-9-4-3-5-10-27)17-19-39(20-18-34)33(41)35(15-6-7-16-35)28-11-8-12-29(37)22-28/h3-5,8-14,21-22H,6-7,15-20,23-25H2,1-2H3. The molecule has 2 fully saturated rings. The predicted molar refractivity (Wildman–Crippen MR) is 164 cm³/mol. The van der Waals surface area contributed by atoms with E-state index in [1.165, 1.54) is 12.1 Å². The average Bonchev–Trinajstić information content (AvgIpc) is 3.50. The normalized spacial score (nSPS) is 17.6. The van der Waals surface area contributed by atoms with E-state index in [9.17, 15) is 14.0 Å². The molecule has 0 unspecified atom stereocenters. The molecule has 42 heavy (non-hydrogen) atoms. The molecule has 5 rings (SSSR count). The first-order valence-corrected chi connectivity index (χ1v) is 15.3. The van der Waals surface area contributed by atoms with Crippen molar-refractivity contribution in [2.75, 3.05) is 26.7 Å². The van der Waals surface area contributed by atoms with Gasteiger partial charge in [-0.3, -0.25) is 9.59 Å². The summed E-state index contributed by atoms with van der Waals surface area (Å²) in [5.74, 6) is 0.551. The molecule has 2 amide bonds. The minimum atomic E-state index is -0.675. The zero-order chi connectivity index (χ0) is 29.7. The van der Waals surface area contributed by atoms with E-state index < -0.39 is 10.8 Å². The molecule has 1 aliphatic heterocycles. The molecule has 222 valence electrons. The summed E-state index contributed by atoms with van der Waals surface area (Å²) in [6, 6.07) is 22.1. The zero-order valence-electron chi connectivity index (χ0n) is 24.6. The summed E-state index contributed by atoms with van der Waals surface area (Å²) in [7, 11) is 1.84. The Labute approximate surface area is 253 Å². The van der Waals surface area contributed by atoms with E-state index in [2.05, 4.69) is 0 Å². The number of halogens is 2. The van der Waals surface area contributed by atoms with E-state index in [1.54, 1.807) is 11.0 Å². The van der Waals surface area contributed by atoms with Crippen LogP contribution in [0.25, 0.3) is 0 Å². The highest BCUT2D eigenvalue weighted by Crippen LogP contribution is 2.45. The van der Waals surface area contributed by atoms with E-state index >= 15 is 0 Å². The zero-order valence-corrected chi connectivity index (χ0v) is 25.3. The molecule has 0 atom stereocenters. The first-order chi connectivity index (χ1) is 20.2. The number of hydrogen-bond acceptors (Lipinski definition) is 3. The molecule has 2 aliphatic rings. The Morgan fingerprint density at radius 1 is 0.952 bits per heavy atom. The summed E-state index contributed by atoms with van der Waals surface area (Å²) in [6.45, 7) is 3.92. The van der Waals surface area contributed by atoms with Gasteiger partial charge in [0.2, 0.25) is 11.8 Å². The lowest BCUT2D eigenvalue weighted by atomic mass is 9.73. The van der Waals surface area contributed by atoms with Gasteiger partial charge in [0, 0.05) is 43.5 Å². The second-order valence-corrected chi connectivity index (χ2v) is 12.6. The van der Waals surface area contributed by atoms with Gasteiger partial charge in [0.15, 0.2) is 0 Å². The highest BCUT2D eigenvalue weighted by molar-refractivity contribution is 6.31. The van der Waals surface area contributed by atoms with Gasteiger partial charge < -0.3 is 14.5 Å². The van der Waals surface area contributed by atoms with E-state index in [0.717, 1.165) is 48.1 Å². The van der Waals surface area contributed by atoms with Crippen molar-refractivity contribution in [2.24, 2.45) is 5.41 Å². The smallest absolute Gasteiger partial charge is 0.233 e. The average molecular weight is 591 g/mol. The second-order valence-electron chi connectivity index (χ2n) is 12.2. The monoisotopic (exact) mass is 590 g/mol. The number of amides is 2. The van der Waals surface area contributed by atoms with Crippen LogP contribution in [0.15, 0.2) is 72.8 Å². The van der Waals surface area contributed by atoms with Crippen LogP contribution >= 0.6 is 11.6 Å². The molecule has 3 aromatic carbocycles. The molecule has 1 saturated heterocycles. The summed E-state index contributed by atoms with van der Waals surface area (Å²) in [4.78, 5) is 31.4. The molecule has 5 nitrogen and oxygen atoms in total. The molecule has 0 aromatic heterocycles. The fraction of sp³-hybridized carbons (Fsp3) is 0.429. The second kappa shape index (κ2) is 12.9. The third-order valence-corrected chi connectivity index (χ3v) is 9.67. The largest absolute Gasteiger partial charge is 0.493 e. The lowest BCUT2D eigenvalue weighted by Crippen LogP contribution is -2.52. The first kappa shape index (κ1) is 30.1. The molecule has 0 N–H and O–H groups in total. The summed E-state index contributed by atoms with van der Waals surface area (Å²) < 4.78 is 20.5. The molecular weight excluding hydrogens is 551 g/mol. The van der Waals surface area contributed by atoms with Gasteiger partial charge in [0.25, 0.3) is 0 Å². The van der Waals surface area contributed by atoms with Crippen LogP contribution in [0.2, 0.25) is 5.02 Å². The number of carbonyl (C=O) groups excluding carboxylic acids is 2. The van der Waals surface area contributed by atoms with Crippen LogP contribution in [0.5, 0.6) is 5.75 Å². The Morgan fingerprint density at radius 3 is 2.33 bits per heavy atom. The minimum absolute atomic E-state index is 0.0570. The Morgan fingerprint density at radius 2 is 1.67 bits per heavy atom. The van der Waals surface area contributed by atoms with E-state index in [0.29, 0.717) is 50.5 Å². The maximum absolute atomic E-state index is 14.2. The van der Waals surface area contributed by atoms with Gasteiger partial charge in [-0.15, -0.1) is 0 Å². The van der Waals surface area contributed by atoms with Crippen molar-refractivity contribution < 1.29 is 18.7 Å². The molecule has 1 saturated carbocycles. The molecule has 0 spiro atoms. The third kappa shape index (κ3) is 6.64. The number of ether oxygens (including phenoxy) is 1. The molecule has 1 heterocycles. The number of piperidine rings is 1. The fourth-order valence-corrected chi connectivity index (χ4v) is 6.71.